The monoisotopic (exact) mass is 198 g/mol. The van der Waals surface area contributed by atoms with Gasteiger partial charge in [0.1, 0.15) is 6.04 Å². The highest BCUT2D eigenvalue weighted by Gasteiger charge is 2.43. The molecule has 1 aliphatic rings. The number of alkyl halides is 2. The minimum atomic E-state index is -3.09. The van der Waals surface area contributed by atoms with E-state index >= 15 is 0 Å². The number of hydrogen-bond acceptors (Lipinski definition) is 2. The smallest absolute Gasteiger partial charge is 0.286 e. The van der Waals surface area contributed by atoms with E-state index < -0.39 is 17.9 Å². The van der Waals surface area contributed by atoms with Crippen molar-refractivity contribution in [1.29, 1.82) is 5.26 Å². The number of rotatable bonds is 2. The van der Waals surface area contributed by atoms with Crippen LogP contribution in [0.2, 0.25) is 0 Å². The molecule has 1 aliphatic heterocycles. The summed E-state index contributed by atoms with van der Waals surface area (Å²) in [5.41, 5.74) is 0. The first kappa shape index (κ1) is 10.8. The molecule has 2 nitrogen and oxygen atoms in total. The number of aliphatic imine (C=N–C) groups is 1. The van der Waals surface area contributed by atoms with Crippen LogP contribution in [0, 0.1) is 23.2 Å². The molecule has 0 radical (unpaired) electrons. The third kappa shape index (κ3) is 1.98. The molecule has 4 heteroatoms. The quantitative estimate of drug-likeness (QED) is 0.628. The maximum absolute atomic E-state index is 13.2. The topological polar surface area (TPSA) is 36.1 Å². The van der Waals surface area contributed by atoms with E-state index in [0.29, 0.717) is 12.5 Å². The lowest BCUT2D eigenvalue weighted by molar-refractivity contribution is 0.0107. The number of nitriles is 1. The van der Waals surface area contributed by atoms with Crippen molar-refractivity contribution < 1.29 is 8.78 Å². The minimum Gasteiger partial charge on any atom is -0.286 e. The molecule has 0 bridgehead atoms. The molecule has 3 unspecified atom stereocenters. The molecule has 0 aromatic heterocycles. The summed E-state index contributed by atoms with van der Waals surface area (Å²) in [5, 5.41) is 8.75. The average Bonchev–Trinajstić information content (AvgIpc) is 2.17. The van der Waals surface area contributed by atoms with Gasteiger partial charge in [-0.2, -0.15) is 14.0 Å². The highest BCUT2D eigenvalue weighted by atomic mass is 19.3. The van der Waals surface area contributed by atoms with Gasteiger partial charge in [-0.1, -0.05) is 13.5 Å². The summed E-state index contributed by atoms with van der Waals surface area (Å²) in [4.78, 5) is 3.74. The molecule has 0 aliphatic carbocycles. The fraction of sp³-hybridized carbons (Fsp3) is 0.600. The summed E-state index contributed by atoms with van der Waals surface area (Å²) in [6, 6.07) is 0.621. The first-order valence-corrected chi connectivity index (χ1v) is 4.45. The van der Waals surface area contributed by atoms with Gasteiger partial charge in [-0.15, -0.1) is 0 Å². The first-order valence-electron chi connectivity index (χ1n) is 4.45. The van der Waals surface area contributed by atoms with Gasteiger partial charge >= 0.3 is 0 Å². The van der Waals surface area contributed by atoms with E-state index in [-0.39, 0.29) is 5.92 Å². The van der Waals surface area contributed by atoms with Crippen molar-refractivity contribution in [2.45, 2.75) is 25.3 Å². The second-order valence-corrected chi connectivity index (χ2v) is 3.57. The van der Waals surface area contributed by atoms with E-state index in [1.807, 2.05) is 13.0 Å². The Labute approximate surface area is 81.9 Å². The van der Waals surface area contributed by atoms with E-state index in [0.717, 1.165) is 0 Å². The Morgan fingerprint density at radius 2 is 2.36 bits per heavy atom. The van der Waals surface area contributed by atoms with Gasteiger partial charge in [-0.25, -0.2) is 0 Å². The molecule has 0 aromatic rings. The molecule has 0 amide bonds. The van der Waals surface area contributed by atoms with Gasteiger partial charge in [0.05, 0.1) is 12.0 Å². The zero-order valence-corrected chi connectivity index (χ0v) is 7.95. The Kier molecular flexibility index (Phi) is 3.00. The van der Waals surface area contributed by atoms with Crippen molar-refractivity contribution in [2.75, 3.05) is 0 Å². The summed E-state index contributed by atoms with van der Waals surface area (Å²) in [5.74, 6) is -3.71. The lowest BCUT2D eigenvalue weighted by Crippen LogP contribution is -2.39. The lowest BCUT2D eigenvalue weighted by Gasteiger charge is -2.29. The average molecular weight is 198 g/mol. The standard InChI is InChI=1S/C10H12F2N2/c1-3-10(11,12)9-8(5-13)4-7(2)6-14-9/h3,6-9H,1,4H2,2H3. The van der Waals surface area contributed by atoms with Gasteiger partial charge < -0.3 is 0 Å². The van der Waals surface area contributed by atoms with Crippen LogP contribution >= 0.6 is 0 Å². The fourth-order valence-electron chi connectivity index (χ4n) is 1.55. The van der Waals surface area contributed by atoms with Crippen LogP contribution in [-0.2, 0) is 0 Å². The van der Waals surface area contributed by atoms with Crippen molar-refractivity contribution >= 4 is 6.21 Å². The minimum absolute atomic E-state index is 0.0940. The molecule has 0 aromatic carbocycles. The van der Waals surface area contributed by atoms with E-state index in [1.54, 1.807) is 0 Å². The second kappa shape index (κ2) is 3.87. The van der Waals surface area contributed by atoms with Crippen LogP contribution in [0.4, 0.5) is 8.78 Å². The van der Waals surface area contributed by atoms with E-state index in [4.69, 9.17) is 5.26 Å². The van der Waals surface area contributed by atoms with E-state index in [1.165, 1.54) is 6.21 Å². The Bertz CT molecular complexity index is 291. The van der Waals surface area contributed by atoms with E-state index in [2.05, 4.69) is 11.6 Å². The molecular weight excluding hydrogens is 186 g/mol. The van der Waals surface area contributed by atoms with Crippen molar-refractivity contribution in [2.24, 2.45) is 16.8 Å². The summed E-state index contributed by atoms with van der Waals surface area (Å²) in [7, 11) is 0. The Morgan fingerprint density at radius 3 is 2.86 bits per heavy atom. The predicted octanol–water partition coefficient (Wildman–Crippen LogP) is 2.43. The normalized spacial score (nSPS) is 32.3. The number of hydrogen-bond donors (Lipinski definition) is 0. The molecule has 14 heavy (non-hydrogen) atoms. The third-order valence-corrected chi connectivity index (χ3v) is 2.34. The molecule has 0 spiro atoms. The molecule has 76 valence electrons. The van der Waals surface area contributed by atoms with Crippen LogP contribution in [-0.4, -0.2) is 18.2 Å². The van der Waals surface area contributed by atoms with Crippen molar-refractivity contribution in [1.82, 2.24) is 0 Å². The highest BCUT2D eigenvalue weighted by Crippen LogP contribution is 2.33. The summed E-state index contributed by atoms with van der Waals surface area (Å²) in [6.45, 7) is 4.92. The summed E-state index contributed by atoms with van der Waals surface area (Å²) in [6.07, 6.45) is 2.50. The van der Waals surface area contributed by atoms with Gasteiger partial charge in [0.25, 0.3) is 5.92 Å². The van der Waals surface area contributed by atoms with E-state index in [9.17, 15) is 8.78 Å². The van der Waals surface area contributed by atoms with Crippen LogP contribution in [0.5, 0.6) is 0 Å². The molecule has 0 saturated heterocycles. The molecule has 0 saturated carbocycles. The number of halogens is 2. The van der Waals surface area contributed by atoms with Crippen molar-refractivity contribution in [3.63, 3.8) is 0 Å². The van der Waals surface area contributed by atoms with Crippen LogP contribution < -0.4 is 0 Å². The molecular formula is C10H12F2N2. The summed E-state index contributed by atoms with van der Waals surface area (Å²) >= 11 is 0. The molecule has 1 heterocycles. The largest absolute Gasteiger partial charge is 0.289 e. The van der Waals surface area contributed by atoms with Gasteiger partial charge in [-0.05, 0) is 18.4 Å². The first-order chi connectivity index (χ1) is 6.51. The van der Waals surface area contributed by atoms with Gasteiger partial charge in [0.15, 0.2) is 0 Å². The lowest BCUT2D eigenvalue weighted by atomic mass is 9.85. The highest BCUT2D eigenvalue weighted by molar-refractivity contribution is 5.62. The van der Waals surface area contributed by atoms with Crippen LogP contribution in [0.3, 0.4) is 0 Å². The molecule has 3 atom stereocenters. The Morgan fingerprint density at radius 1 is 1.71 bits per heavy atom. The molecule has 0 fully saturated rings. The Hall–Kier alpha value is -1.24. The SMILES string of the molecule is C=CC(F)(F)C1N=CC(C)CC1C#N. The van der Waals surface area contributed by atoms with Gasteiger partial charge in [0, 0.05) is 6.21 Å². The maximum Gasteiger partial charge on any atom is 0.289 e. The van der Waals surface area contributed by atoms with Crippen molar-refractivity contribution in [3.8, 4) is 6.07 Å². The van der Waals surface area contributed by atoms with Crippen LogP contribution in [0.15, 0.2) is 17.6 Å². The van der Waals surface area contributed by atoms with Crippen LogP contribution in [0.25, 0.3) is 0 Å². The predicted molar refractivity (Wildman–Crippen MR) is 50.3 cm³/mol. The van der Waals surface area contributed by atoms with Gasteiger partial charge in [-0.3, -0.25) is 4.99 Å². The third-order valence-electron chi connectivity index (χ3n) is 2.34. The zero-order valence-electron chi connectivity index (χ0n) is 7.95. The Balaban J connectivity index is 2.93. The second-order valence-electron chi connectivity index (χ2n) is 3.57. The van der Waals surface area contributed by atoms with Gasteiger partial charge in [0.2, 0.25) is 0 Å². The van der Waals surface area contributed by atoms with Crippen LogP contribution in [0.1, 0.15) is 13.3 Å². The molecule has 0 N–H and O–H groups in total. The molecule has 1 rings (SSSR count). The van der Waals surface area contributed by atoms with Crippen molar-refractivity contribution in [3.05, 3.63) is 12.7 Å². The summed E-state index contributed by atoms with van der Waals surface area (Å²) < 4.78 is 26.4. The fourth-order valence-corrected chi connectivity index (χ4v) is 1.55. The zero-order chi connectivity index (χ0) is 10.8. The number of nitrogens with zero attached hydrogens (tertiary/aromatic N) is 2. The maximum atomic E-state index is 13.2.